The van der Waals surface area contributed by atoms with E-state index in [2.05, 4.69) is 24.5 Å². The van der Waals surface area contributed by atoms with Crippen LogP contribution in [0.4, 0.5) is 11.4 Å². The fraction of sp³-hybridized carbons (Fsp3) is 0.462. The lowest BCUT2D eigenvalue weighted by Crippen LogP contribution is -2.22. The van der Waals surface area contributed by atoms with E-state index in [-0.39, 0.29) is 5.91 Å². The number of nitrogens with two attached hydrogens (primary N) is 1. The fourth-order valence-electron chi connectivity index (χ4n) is 1.78. The lowest BCUT2D eigenvalue weighted by Gasteiger charge is -2.17. The zero-order valence-corrected chi connectivity index (χ0v) is 10.7. The Kier molecular flexibility index (Phi) is 4.82. The van der Waals surface area contributed by atoms with Crippen LogP contribution >= 0.6 is 0 Å². The number of nitrogens with one attached hydrogen (secondary N) is 2. The highest BCUT2D eigenvalue weighted by Gasteiger charge is 2.11. The molecule has 0 fully saturated rings. The molecule has 0 radical (unpaired) electrons. The number of hydrogen-bond acceptors (Lipinski definition) is 3. The number of rotatable bonds is 5. The highest BCUT2D eigenvalue weighted by molar-refractivity contribution is 6.00. The quantitative estimate of drug-likeness (QED) is 0.686. The second kappa shape index (κ2) is 6.13. The number of benzene rings is 1. The third-order valence-corrected chi connectivity index (χ3v) is 2.64. The molecular formula is C13H21N3O. The van der Waals surface area contributed by atoms with Crippen molar-refractivity contribution >= 4 is 17.3 Å². The summed E-state index contributed by atoms with van der Waals surface area (Å²) >= 11 is 0. The molecule has 0 aliphatic carbocycles. The van der Waals surface area contributed by atoms with E-state index < -0.39 is 0 Å². The molecule has 1 atom stereocenters. The van der Waals surface area contributed by atoms with Crippen LogP contribution in [0.3, 0.4) is 0 Å². The van der Waals surface area contributed by atoms with Crippen molar-refractivity contribution in [2.45, 2.75) is 32.7 Å². The first-order chi connectivity index (χ1) is 8.08. The van der Waals surface area contributed by atoms with Crippen molar-refractivity contribution in [3.8, 4) is 0 Å². The van der Waals surface area contributed by atoms with Gasteiger partial charge >= 0.3 is 0 Å². The standard InChI is InChI=1S/C13H21N3O/c1-4-5-9(2)16-12-7-6-10(14)8-11(12)13(17)15-3/h6-9,16H,4-5,14H2,1-3H3,(H,15,17)/t9-/m0/s1. The predicted octanol–water partition coefficient (Wildman–Crippen LogP) is 2.23. The largest absolute Gasteiger partial charge is 0.399 e. The zero-order chi connectivity index (χ0) is 12.8. The van der Waals surface area contributed by atoms with Gasteiger partial charge in [-0.1, -0.05) is 13.3 Å². The van der Waals surface area contributed by atoms with Gasteiger partial charge in [0.25, 0.3) is 5.91 Å². The number of carbonyl (C=O) groups excluding carboxylic acids is 1. The lowest BCUT2D eigenvalue weighted by molar-refractivity contribution is 0.0964. The average molecular weight is 235 g/mol. The summed E-state index contributed by atoms with van der Waals surface area (Å²) in [6, 6.07) is 5.69. The van der Waals surface area contributed by atoms with E-state index in [0.29, 0.717) is 17.3 Å². The van der Waals surface area contributed by atoms with Crippen LogP contribution in [0, 0.1) is 0 Å². The van der Waals surface area contributed by atoms with Crippen molar-refractivity contribution in [2.75, 3.05) is 18.1 Å². The second-order valence-corrected chi connectivity index (χ2v) is 4.22. The smallest absolute Gasteiger partial charge is 0.253 e. The van der Waals surface area contributed by atoms with Crippen molar-refractivity contribution in [2.24, 2.45) is 0 Å². The summed E-state index contributed by atoms with van der Waals surface area (Å²) in [6.45, 7) is 4.24. The first-order valence-corrected chi connectivity index (χ1v) is 5.96. The molecule has 0 aliphatic heterocycles. The summed E-state index contributed by atoms with van der Waals surface area (Å²) < 4.78 is 0. The molecule has 0 heterocycles. The van der Waals surface area contributed by atoms with E-state index in [4.69, 9.17) is 5.73 Å². The molecule has 0 saturated carbocycles. The van der Waals surface area contributed by atoms with Crippen LogP contribution in [-0.2, 0) is 0 Å². The maximum atomic E-state index is 11.7. The minimum absolute atomic E-state index is 0.122. The first-order valence-electron chi connectivity index (χ1n) is 5.96. The zero-order valence-electron chi connectivity index (χ0n) is 10.7. The van der Waals surface area contributed by atoms with Gasteiger partial charge < -0.3 is 16.4 Å². The lowest BCUT2D eigenvalue weighted by atomic mass is 10.1. The first kappa shape index (κ1) is 13.4. The molecule has 0 bridgehead atoms. The Morgan fingerprint density at radius 3 is 2.76 bits per heavy atom. The van der Waals surface area contributed by atoms with Gasteiger partial charge in [-0.15, -0.1) is 0 Å². The van der Waals surface area contributed by atoms with Gasteiger partial charge in [0.2, 0.25) is 0 Å². The van der Waals surface area contributed by atoms with Crippen molar-refractivity contribution < 1.29 is 4.79 Å². The van der Waals surface area contributed by atoms with Crippen LogP contribution in [0.25, 0.3) is 0 Å². The van der Waals surface area contributed by atoms with Crippen molar-refractivity contribution in [1.29, 1.82) is 0 Å². The third kappa shape index (κ3) is 3.66. The number of nitrogen functional groups attached to an aromatic ring is 1. The van der Waals surface area contributed by atoms with Crippen LogP contribution in [0.15, 0.2) is 18.2 Å². The molecule has 17 heavy (non-hydrogen) atoms. The molecule has 4 nitrogen and oxygen atoms in total. The van der Waals surface area contributed by atoms with Gasteiger partial charge in [0.1, 0.15) is 0 Å². The fourth-order valence-corrected chi connectivity index (χ4v) is 1.78. The molecule has 94 valence electrons. The molecule has 0 aromatic heterocycles. The highest BCUT2D eigenvalue weighted by Crippen LogP contribution is 2.20. The molecule has 1 amide bonds. The van der Waals surface area contributed by atoms with Gasteiger partial charge in [-0.3, -0.25) is 4.79 Å². The Morgan fingerprint density at radius 2 is 2.18 bits per heavy atom. The Bertz CT molecular complexity index is 390. The van der Waals surface area contributed by atoms with Crippen LogP contribution in [-0.4, -0.2) is 19.0 Å². The van der Waals surface area contributed by atoms with E-state index in [1.54, 1.807) is 19.2 Å². The van der Waals surface area contributed by atoms with Gasteiger partial charge in [-0.25, -0.2) is 0 Å². The van der Waals surface area contributed by atoms with E-state index in [1.165, 1.54) is 0 Å². The van der Waals surface area contributed by atoms with Crippen molar-refractivity contribution in [3.63, 3.8) is 0 Å². The van der Waals surface area contributed by atoms with Crippen LogP contribution in [0.5, 0.6) is 0 Å². The molecule has 0 saturated heterocycles. The van der Waals surface area contributed by atoms with E-state index in [9.17, 15) is 4.79 Å². The molecule has 1 aromatic carbocycles. The summed E-state index contributed by atoms with van der Waals surface area (Å²) in [6.07, 6.45) is 2.18. The molecule has 0 spiro atoms. The van der Waals surface area contributed by atoms with Gasteiger partial charge in [0.05, 0.1) is 5.56 Å². The number of amides is 1. The molecule has 4 N–H and O–H groups in total. The van der Waals surface area contributed by atoms with E-state index >= 15 is 0 Å². The Labute approximate surface area is 103 Å². The molecule has 1 rings (SSSR count). The van der Waals surface area contributed by atoms with Gasteiger partial charge in [0, 0.05) is 24.5 Å². The Balaban J connectivity index is 2.94. The third-order valence-electron chi connectivity index (χ3n) is 2.64. The molecular weight excluding hydrogens is 214 g/mol. The molecule has 4 heteroatoms. The highest BCUT2D eigenvalue weighted by atomic mass is 16.1. The summed E-state index contributed by atoms with van der Waals surface area (Å²) in [5, 5.41) is 5.96. The van der Waals surface area contributed by atoms with Crippen LogP contribution in [0.1, 0.15) is 37.0 Å². The number of anilines is 2. The summed E-state index contributed by atoms with van der Waals surface area (Å²) in [4.78, 5) is 11.7. The maximum Gasteiger partial charge on any atom is 0.253 e. The molecule has 0 aliphatic rings. The van der Waals surface area contributed by atoms with Gasteiger partial charge in [-0.2, -0.15) is 0 Å². The van der Waals surface area contributed by atoms with Gasteiger partial charge in [0.15, 0.2) is 0 Å². The number of carbonyl (C=O) groups is 1. The summed E-state index contributed by atoms with van der Waals surface area (Å²) in [7, 11) is 1.62. The minimum atomic E-state index is -0.122. The monoisotopic (exact) mass is 235 g/mol. The Hall–Kier alpha value is -1.71. The molecule has 0 unspecified atom stereocenters. The van der Waals surface area contributed by atoms with Crippen molar-refractivity contribution in [3.05, 3.63) is 23.8 Å². The van der Waals surface area contributed by atoms with Crippen molar-refractivity contribution in [1.82, 2.24) is 5.32 Å². The van der Waals surface area contributed by atoms with Crippen LogP contribution < -0.4 is 16.4 Å². The normalized spacial score (nSPS) is 11.9. The predicted molar refractivity (Wildman–Crippen MR) is 72.2 cm³/mol. The number of hydrogen-bond donors (Lipinski definition) is 3. The van der Waals surface area contributed by atoms with Crippen LogP contribution in [0.2, 0.25) is 0 Å². The summed E-state index contributed by atoms with van der Waals surface area (Å²) in [5.41, 5.74) is 7.72. The topological polar surface area (TPSA) is 67.1 Å². The maximum absolute atomic E-state index is 11.7. The Morgan fingerprint density at radius 1 is 1.47 bits per heavy atom. The molecule has 1 aromatic rings. The SMILES string of the molecule is CCC[C@H](C)Nc1ccc(N)cc1C(=O)NC. The second-order valence-electron chi connectivity index (χ2n) is 4.22. The minimum Gasteiger partial charge on any atom is -0.399 e. The average Bonchev–Trinajstić information content (AvgIpc) is 2.30. The van der Waals surface area contributed by atoms with E-state index in [1.807, 2.05) is 6.07 Å². The van der Waals surface area contributed by atoms with E-state index in [0.717, 1.165) is 18.5 Å². The summed E-state index contributed by atoms with van der Waals surface area (Å²) in [5.74, 6) is -0.122. The van der Waals surface area contributed by atoms with Gasteiger partial charge in [-0.05, 0) is 31.5 Å².